The number of rotatable bonds is 4. The molecule has 2 aromatic carbocycles. The molecule has 6 rings (SSSR count). The maximum atomic E-state index is 13.9. The summed E-state index contributed by atoms with van der Waals surface area (Å²) in [6.07, 6.45) is -0.262. The summed E-state index contributed by atoms with van der Waals surface area (Å²) in [4.78, 5) is 11.4. The number of H-pyrrole nitrogens is 1. The molecule has 4 aromatic rings. The number of nitrogens with zero attached hydrogens (tertiary/aromatic N) is 2. The van der Waals surface area contributed by atoms with Crippen LogP contribution in [-0.2, 0) is 6.18 Å². The van der Waals surface area contributed by atoms with Crippen molar-refractivity contribution in [1.82, 2.24) is 20.3 Å². The molecular formula is C26H24F3N5O2. The van der Waals surface area contributed by atoms with Gasteiger partial charge in [-0.2, -0.15) is 13.2 Å². The van der Waals surface area contributed by atoms with Crippen molar-refractivity contribution >= 4 is 16.9 Å². The molecular weight excluding hydrogens is 471 g/mol. The van der Waals surface area contributed by atoms with Crippen molar-refractivity contribution in [1.29, 1.82) is 0 Å². The molecule has 186 valence electrons. The third-order valence-electron chi connectivity index (χ3n) is 6.54. The number of halogens is 3. The quantitative estimate of drug-likeness (QED) is 0.359. The highest BCUT2D eigenvalue weighted by Crippen LogP contribution is 2.40. The van der Waals surface area contributed by atoms with Gasteiger partial charge in [0, 0.05) is 41.4 Å². The van der Waals surface area contributed by atoms with Crippen LogP contribution in [0.3, 0.4) is 0 Å². The van der Waals surface area contributed by atoms with E-state index in [1.165, 1.54) is 0 Å². The minimum atomic E-state index is -4.59. The van der Waals surface area contributed by atoms with Crippen LogP contribution in [0.15, 0.2) is 48.8 Å². The van der Waals surface area contributed by atoms with Gasteiger partial charge in [0.1, 0.15) is 18.8 Å². The molecule has 2 aliphatic heterocycles. The second-order valence-corrected chi connectivity index (χ2v) is 8.96. The summed E-state index contributed by atoms with van der Waals surface area (Å²) >= 11 is 0. The molecule has 0 aliphatic carbocycles. The van der Waals surface area contributed by atoms with Gasteiger partial charge in [-0.25, -0.2) is 9.97 Å². The third-order valence-corrected chi connectivity index (χ3v) is 6.54. The molecule has 1 saturated heterocycles. The molecule has 2 aromatic heterocycles. The monoisotopic (exact) mass is 495 g/mol. The number of aromatic nitrogens is 3. The van der Waals surface area contributed by atoms with Crippen molar-refractivity contribution in [3.8, 4) is 33.9 Å². The van der Waals surface area contributed by atoms with Gasteiger partial charge in [0.2, 0.25) is 5.95 Å². The molecule has 0 saturated carbocycles. The first-order chi connectivity index (χ1) is 17.5. The number of hydrogen-bond donors (Lipinski definition) is 3. The van der Waals surface area contributed by atoms with Crippen LogP contribution >= 0.6 is 0 Å². The van der Waals surface area contributed by atoms with Crippen LogP contribution in [0, 0.1) is 0 Å². The summed E-state index contributed by atoms with van der Waals surface area (Å²) < 4.78 is 53.0. The highest BCUT2D eigenvalue weighted by atomic mass is 19.4. The first-order valence-corrected chi connectivity index (χ1v) is 11.9. The smallest absolute Gasteiger partial charge is 0.419 e. The number of alkyl halides is 3. The molecule has 10 heteroatoms. The molecule has 0 bridgehead atoms. The van der Waals surface area contributed by atoms with E-state index in [4.69, 9.17) is 9.47 Å². The first-order valence-electron chi connectivity index (χ1n) is 11.9. The fourth-order valence-electron chi connectivity index (χ4n) is 4.75. The van der Waals surface area contributed by atoms with E-state index in [1.54, 1.807) is 6.20 Å². The zero-order valence-electron chi connectivity index (χ0n) is 19.3. The van der Waals surface area contributed by atoms with Crippen LogP contribution in [0.25, 0.3) is 33.3 Å². The molecule has 36 heavy (non-hydrogen) atoms. The molecule has 0 radical (unpaired) electrons. The zero-order chi connectivity index (χ0) is 24.7. The van der Waals surface area contributed by atoms with Crippen LogP contribution in [-0.4, -0.2) is 47.3 Å². The summed E-state index contributed by atoms with van der Waals surface area (Å²) in [6.45, 7) is 2.65. The van der Waals surface area contributed by atoms with E-state index < -0.39 is 11.7 Å². The normalized spacial score (nSPS) is 17.8. The van der Waals surface area contributed by atoms with E-state index >= 15 is 0 Å². The molecule has 7 nitrogen and oxygen atoms in total. The maximum Gasteiger partial charge on any atom is 0.419 e. The lowest BCUT2D eigenvalue weighted by atomic mass is 10.0. The standard InChI is InChI=1S/C26H24F3N5O2/c27-26(28,29)20-14-32-25(33-17-2-1-7-30-12-17)34-24(20)19-13-31-21-10-15(3-5-18(19)21)16-4-6-22-23(11-16)36-9-8-35-22/h3-6,10-11,13-14,17,30-31H,1-2,7-9,12H2,(H,32,33,34)/t17-/m0/s1. The largest absolute Gasteiger partial charge is 0.486 e. The summed E-state index contributed by atoms with van der Waals surface area (Å²) in [5.41, 5.74) is 1.88. The number of fused-ring (bicyclic) bond motifs is 2. The number of ether oxygens (including phenoxy) is 2. The van der Waals surface area contributed by atoms with E-state index in [9.17, 15) is 13.2 Å². The lowest BCUT2D eigenvalue weighted by molar-refractivity contribution is -0.137. The van der Waals surface area contributed by atoms with Crippen molar-refractivity contribution in [2.45, 2.75) is 25.1 Å². The Morgan fingerprint density at radius 3 is 2.61 bits per heavy atom. The lowest BCUT2D eigenvalue weighted by Crippen LogP contribution is -2.38. The van der Waals surface area contributed by atoms with Gasteiger partial charge < -0.3 is 25.1 Å². The van der Waals surface area contributed by atoms with Gasteiger partial charge in [-0.3, -0.25) is 0 Å². The molecule has 0 unspecified atom stereocenters. The number of hydrogen-bond acceptors (Lipinski definition) is 6. The second-order valence-electron chi connectivity index (χ2n) is 8.96. The minimum Gasteiger partial charge on any atom is -0.486 e. The summed E-state index contributed by atoms with van der Waals surface area (Å²) in [7, 11) is 0. The van der Waals surface area contributed by atoms with Gasteiger partial charge in [0.05, 0.1) is 5.69 Å². The van der Waals surface area contributed by atoms with E-state index in [0.29, 0.717) is 41.2 Å². The van der Waals surface area contributed by atoms with E-state index in [0.717, 1.165) is 43.3 Å². The Morgan fingerprint density at radius 2 is 1.81 bits per heavy atom. The molecule has 4 heterocycles. The number of benzene rings is 2. The highest BCUT2D eigenvalue weighted by molar-refractivity contribution is 5.97. The van der Waals surface area contributed by atoms with Gasteiger partial charge in [-0.15, -0.1) is 0 Å². The Hall–Kier alpha value is -3.79. The van der Waals surface area contributed by atoms with E-state index in [1.807, 2.05) is 36.4 Å². The summed E-state index contributed by atoms with van der Waals surface area (Å²) in [6, 6.07) is 11.4. The van der Waals surface area contributed by atoms with Gasteiger partial charge in [-0.05, 0) is 48.7 Å². The van der Waals surface area contributed by atoms with Crippen LogP contribution in [0.5, 0.6) is 11.5 Å². The average molecular weight is 496 g/mol. The summed E-state index contributed by atoms with van der Waals surface area (Å²) in [5.74, 6) is 1.56. The molecule has 0 spiro atoms. The lowest BCUT2D eigenvalue weighted by Gasteiger charge is -2.24. The van der Waals surface area contributed by atoms with Crippen LogP contribution in [0.2, 0.25) is 0 Å². The molecule has 3 N–H and O–H groups in total. The fraction of sp³-hybridized carbons (Fsp3) is 0.308. The van der Waals surface area contributed by atoms with Crippen LogP contribution < -0.4 is 20.1 Å². The van der Waals surface area contributed by atoms with Crippen molar-refractivity contribution in [3.05, 3.63) is 54.4 Å². The Morgan fingerprint density at radius 1 is 1.00 bits per heavy atom. The first kappa shape index (κ1) is 22.7. The fourth-order valence-corrected chi connectivity index (χ4v) is 4.75. The van der Waals surface area contributed by atoms with Gasteiger partial charge >= 0.3 is 6.18 Å². The Balaban J connectivity index is 1.38. The molecule has 1 fully saturated rings. The van der Waals surface area contributed by atoms with E-state index in [-0.39, 0.29) is 17.7 Å². The second kappa shape index (κ2) is 9.02. The Bertz CT molecular complexity index is 1410. The Labute approximate surface area is 205 Å². The third kappa shape index (κ3) is 4.32. The molecule has 1 atom stereocenters. The molecule has 2 aliphatic rings. The predicted molar refractivity (Wildman–Crippen MR) is 130 cm³/mol. The topological polar surface area (TPSA) is 84.1 Å². The molecule has 0 amide bonds. The zero-order valence-corrected chi connectivity index (χ0v) is 19.3. The van der Waals surface area contributed by atoms with Gasteiger partial charge in [0.25, 0.3) is 0 Å². The van der Waals surface area contributed by atoms with Crippen LogP contribution in [0.4, 0.5) is 19.1 Å². The minimum absolute atomic E-state index is 0.0693. The Kier molecular flexibility index (Phi) is 5.67. The van der Waals surface area contributed by atoms with Crippen molar-refractivity contribution in [3.63, 3.8) is 0 Å². The number of aromatic amines is 1. The summed E-state index contributed by atoms with van der Waals surface area (Å²) in [5, 5.41) is 7.10. The highest BCUT2D eigenvalue weighted by Gasteiger charge is 2.36. The van der Waals surface area contributed by atoms with Crippen molar-refractivity contribution in [2.24, 2.45) is 0 Å². The van der Waals surface area contributed by atoms with Gasteiger partial charge in [0.15, 0.2) is 11.5 Å². The predicted octanol–water partition coefficient (Wildman–Crippen LogP) is 5.25. The number of anilines is 1. The van der Waals surface area contributed by atoms with Crippen molar-refractivity contribution < 1.29 is 22.6 Å². The SMILES string of the molecule is FC(F)(F)c1cnc(N[C@H]2CCCNC2)nc1-c1c[nH]c2cc(-c3ccc4c(c3)OCCO4)ccc12. The number of nitrogens with one attached hydrogen (secondary N) is 3. The van der Waals surface area contributed by atoms with Crippen LogP contribution in [0.1, 0.15) is 18.4 Å². The number of piperidine rings is 1. The average Bonchev–Trinajstić information content (AvgIpc) is 3.31. The van der Waals surface area contributed by atoms with E-state index in [2.05, 4.69) is 25.6 Å². The van der Waals surface area contributed by atoms with Crippen molar-refractivity contribution in [2.75, 3.05) is 31.6 Å². The maximum absolute atomic E-state index is 13.9. The van der Waals surface area contributed by atoms with Gasteiger partial charge in [-0.1, -0.05) is 18.2 Å².